The zero-order valence-corrected chi connectivity index (χ0v) is 14.9. The first kappa shape index (κ1) is 16.7. The minimum atomic E-state index is 0.419. The second kappa shape index (κ2) is 7.09. The molecule has 0 saturated heterocycles. The minimum Gasteiger partial charge on any atom is -0.289 e. The van der Waals surface area contributed by atoms with E-state index in [-0.39, 0.29) is 0 Å². The van der Waals surface area contributed by atoms with Crippen LogP contribution in [-0.4, -0.2) is 12.3 Å². The van der Waals surface area contributed by atoms with Crippen molar-refractivity contribution in [1.82, 2.24) is 0 Å². The Morgan fingerprint density at radius 3 is 2.59 bits per heavy atom. The lowest BCUT2D eigenvalue weighted by molar-refractivity contribution is 0.819. The zero-order chi connectivity index (χ0) is 16.3. The van der Waals surface area contributed by atoms with E-state index in [2.05, 4.69) is 71.9 Å². The van der Waals surface area contributed by atoms with Gasteiger partial charge in [-0.1, -0.05) is 51.1 Å². The first-order valence-electron chi connectivity index (χ1n) is 8.47. The number of nitrogens with zero attached hydrogens (tertiary/aromatic N) is 1. The second-order valence-electron chi connectivity index (χ2n) is 6.62. The number of dihydropyridines is 1. The minimum absolute atomic E-state index is 0.419. The Morgan fingerprint density at radius 2 is 2.00 bits per heavy atom. The van der Waals surface area contributed by atoms with Crippen LogP contribution in [0.1, 0.15) is 58.1 Å². The molecule has 0 fully saturated rings. The molecule has 1 aliphatic heterocycles. The second-order valence-corrected chi connectivity index (χ2v) is 6.62. The Balaban J connectivity index is 2.55. The van der Waals surface area contributed by atoms with Crippen molar-refractivity contribution in [2.45, 2.75) is 53.9 Å². The molecule has 1 aliphatic rings. The molecule has 0 amide bonds. The van der Waals surface area contributed by atoms with E-state index in [0.717, 1.165) is 13.0 Å². The van der Waals surface area contributed by atoms with Crippen LogP contribution in [-0.2, 0) is 0 Å². The molecular formula is C21H29N. The van der Waals surface area contributed by atoms with Crippen molar-refractivity contribution >= 4 is 17.9 Å². The lowest BCUT2D eigenvalue weighted by atomic mass is 9.89. The molecule has 1 atom stereocenters. The molecule has 1 unspecified atom stereocenters. The highest BCUT2D eigenvalue weighted by molar-refractivity contribution is 5.98. The molecule has 1 aromatic carbocycles. The number of hydrogen-bond donors (Lipinski definition) is 0. The lowest BCUT2D eigenvalue weighted by Crippen LogP contribution is -2.29. The summed E-state index contributed by atoms with van der Waals surface area (Å²) in [6.45, 7) is 14.1. The third kappa shape index (κ3) is 3.58. The summed E-state index contributed by atoms with van der Waals surface area (Å²) < 4.78 is 0. The van der Waals surface area contributed by atoms with E-state index in [9.17, 15) is 0 Å². The largest absolute Gasteiger partial charge is 0.289 e. The van der Waals surface area contributed by atoms with Gasteiger partial charge in [0.05, 0.1) is 0 Å². The van der Waals surface area contributed by atoms with E-state index in [1.165, 1.54) is 32.8 Å². The highest BCUT2D eigenvalue weighted by Crippen LogP contribution is 2.24. The molecule has 1 heteroatoms. The van der Waals surface area contributed by atoms with Gasteiger partial charge in [0.2, 0.25) is 0 Å². The van der Waals surface area contributed by atoms with Crippen molar-refractivity contribution in [1.29, 1.82) is 0 Å². The van der Waals surface area contributed by atoms with E-state index in [1.54, 1.807) is 0 Å². The predicted molar refractivity (Wildman–Crippen MR) is 99.0 cm³/mol. The number of rotatable bonds is 3. The van der Waals surface area contributed by atoms with Crippen LogP contribution >= 0.6 is 0 Å². The molecule has 22 heavy (non-hydrogen) atoms. The molecule has 0 aliphatic carbocycles. The van der Waals surface area contributed by atoms with E-state index in [0.29, 0.717) is 11.8 Å². The van der Waals surface area contributed by atoms with Gasteiger partial charge in [-0.25, -0.2) is 0 Å². The highest BCUT2D eigenvalue weighted by Gasteiger charge is 2.16. The van der Waals surface area contributed by atoms with E-state index < -0.39 is 0 Å². The molecule has 1 aromatic rings. The van der Waals surface area contributed by atoms with Crippen LogP contribution < -0.4 is 10.4 Å². The summed E-state index contributed by atoms with van der Waals surface area (Å²) in [4.78, 5) is 4.73. The van der Waals surface area contributed by atoms with Crippen LogP contribution in [0.5, 0.6) is 0 Å². The van der Waals surface area contributed by atoms with Gasteiger partial charge in [-0.2, -0.15) is 0 Å². The number of benzene rings is 1. The molecular weight excluding hydrogens is 266 g/mol. The molecule has 0 spiro atoms. The number of allylic oxidation sites excluding steroid dienone is 1. The average Bonchev–Trinajstić information content (AvgIpc) is 2.46. The summed E-state index contributed by atoms with van der Waals surface area (Å²) in [6, 6.07) is 4.71. The molecule has 118 valence electrons. The average molecular weight is 295 g/mol. The van der Waals surface area contributed by atoms with Crippen molar-refractivity contribution < 1.29 is 0 Å². The van der Waals surface area contributed by atoms with Gasteiger partial charge in [0.25, 0.3) is 0 Å². The highest BCUT2D eigenvalue weighted by atomic mass is 14.8. The maximum atomic E-state index is 4.73. The van der Waals surface area contributed by atoms with E-state index in [1.807, 2.05) is 0 Å². The van der Waals surface area contributed by atoms with Crippen LogP contribution in [0.25, 0.3) is 12.2 Å². The van der Waals surface area contributed by atoms with Crippen molar-refractivity contribution in [3.8, 4) is 0 Å². The van der Waals surface area contributed by atoms with Crippen LogP contribution in [0.2, 0.25) is 0 Å². The molecule has 2 rings (SSSR count). The first-order chi connectivity index (χ1) is 10.5. The number of hydrogen-bond acceptors (Lipinski definition) is 1. The summed E-state index contributed by atoms with van der Waals surface area (Å²) in [5.74, 6) is 0.976. The topological polar surface area (TPSA) is 12.4 Å². The van der Waals surface area contributed by atoms with Gasteiger partial charge >= 0.3 is 0 Å². The van der Waals surface area contributed by atoms with Crippen LogP contribution in [0, 0.1) is 12.8 Å². The summed E-state index contributed by atoms with van der Waals surface area (Å²) in [5, 5.41) is 2.73. The molecule has 0 saturated carbocycles. The van der Waals surface area contributed by atoms with E-state index >= 15 is 0 Å². The SMILES string of the molecule is C/C=c1/c(C)cc(C2C=C(CC)C(C)=NC2)c/c1=C/C(C)C. The summed E-state index contributed by atoms with van der Waals surface area (Å²) in [5.41, 5.74) is 5.37. The normalized spacial score (nSPS) is 20.4. The smallest absolute Gasteiger partial charge is 0.0496 e. The fourth-order valence-electron chi connectivity index (χ4n) is 3.29. The van der Waals surface area contributed by atoms with Crippen molar-refractivity contribution in [2.24, 2.45) is 10.9 Å². The Hall–Kier alpha value is -1.63. The lowest BCUT2D eigenvalue weighted by Gasteiger charge is -2.20. The molecule has 0 N–H and O–H groups in total. The van der Waals surface area contributed by atoms with Gasteiger partial charge in [-0.15, -0.1) is 0 Å². The molecule has 1 heterocycles. The monoisotopic (exact) mass is 295 g/mol. The third-order valence-corrected chi connectivity index (χ3v) is 4.44. The number of aryl methyl sites for hydroxylation is 1. The van der Waals surface area contributed by atoms with Crippen molar-refractivity contribution in [3.63, 3.8) is 0 Å². The first-order valence-corrected chi connectivity index (χ1v) is 8.47. The Morgan fingerprint density at radius 1 is 1.27 bits per heavy atom. The predicted octanol–water partition coefficient (Wildman–Crippen LogP) is 4.13. The number of aliphatic imine (C=N–C) groups is 1. The summed E-state index contributed by atoms with van der Waals surface area (Å²) in [7, 11) is 0. The van der Waals surface area contributed by atoms with Crippen LogP contribution in [0.15, 0.2) is 28.8 Å². The molecule has 0 bridgehead atoms. The third-order valence-electron chi connectivity index (χ3n) is 4.44. The van der Waals surface area contributed by atoms with E-state index in [4.69, 9.17) is 4.99 Å². The quantitative estimate of drug-likeness (QED) is 0.795. The molecule has 0 aromatic heterocycles. The van der Waals surface area contributed by atoms with Gasteiger partial charge in [0, 0.05) is 18.2 Å². The Bertz CT molecular complexity index is 717. The molecule has 0 radical (unpaired) electrons. The van der Waals surface area contributed by atoms with Crippen LogP contribution in [0.4, 0.5) is 0 Å². The molecule has 1 nitrogen and oxygen atoms in total. The fourth-order valence-corrected chi connectivity index (χ4v) is 3.29. The fraction of sp³-hybridized carbons (Fsp3) is 0.476. The van der Waals surface area contributed by atoms with Crippen LogP contribution in [0.3, 0.4) is 0 Å². The van der Waals surface area contributed by atoms with Gasteiger partial charge in [0.15, 0.2) is 0 Å². The summed E-state index contributed by atoms with van der Waals surface area (Å²) >= 11 is 0. The van der Waals surface area contributed by atoms with Crippen molar-refractivity contribution in [3.05, 3.63) is 45.3 Å². The van der Waals surface area contributed by atoms with Gasteiger partial charge in [0.1, 0.15) is 0 Å². The summed E-state index contributed by atoms with van der Waals surface area (Å²) in [6.07, 6.45) is 8.08. The zero-order valence-electron chi connectivity index (χ0n) is 14.9. The maximum Gasteiger partial charge on any atom is 0.0496 e. The van der Waals surface area contributed by atoms with Gasteiger partial charge in [-0.3, -0.25) is 4.99 Å². The van der Waals surface area contributed by atoms with Gasteiger partial charge in [-0.05, 0) is 60.2 Å². The Labute approximate surface area is 135 Å². The standard InChI is InChI=1S/C21H29N/c1-7-17-11-20(13-22-16(17)6)18-10-15(5)21(8-2)19(12-18)9-14(3)4/h8-12,14,20H,7,13H2,1-6H3/b19-9-,21-8-. The maximum absolute atomic E-state index is 4.73. The Kier molecular flexibility index (Phi) is 5.39. The van der Waals surface area contributed by atoms with Crippen molar-refractivity contribution in [2.75, 3.05) is 6.54 Å². The van der Waals surface area contributed by atoms with Gasteiger partial charge < -0.3 is 0 Å².